The average Bonchev–Trinajstić information content (AvgIpc) is 2.70. The van der Waals surface area contributed by atoms with Crippen LogP contribution < -0.4 is 4.90 Å². The molecule has 0 aliphatic heterocycles. The van der Waals surface area contributed by atoms with E-state index in [9.17, 15) is 0 Å². The number of fused-ring (bicyclic) bond motifs is 1. The third-order valence-corrected chi connectivity index (χ3v) is 5.03. The summed E-state index contributed by atoms with van der Waals surface area (Å²) < 4.78 is 0. The number of aryl methyl sites for hydroxylation is 3. The second-order valence-corrected chi connectivity index (χ2v) is 6.79. The maximum Gasteiger partial charge on any atom is 0.0461 e. The van der Waals surface area contributed by atoms with Gasteiger partial charge in [-0.05, 0) is 81.0 Å². The van der Waals surface area contributed by atoms with Crippen LogP contribution >= 0.6 is 0 Å². The lowest BCUT2D eigenvalue weighted by atomic mass is 9.88. The Morgan fingerprint density at radius 1 is 0.630 bits per heavy atom. The second-order valence-electron chi connectivity index (χ2n) is 6.79. The standard InChI is InChI=1S/C22H23N.2C2H6/c1-16-3-10-20(11-4-16)23(21-12-5-17(2)6-13-21)22-14-9-18-7-8-19(18)15-22;2*1-2/h3-5,9-12,14-15H,6-8,13H2,1-2H3;2*1-2H3. The molecule has 1 nitrogen and oxygen atoms in total. The fourth-order valence-electron chi connectivity index (χ4n) is 3.41. The average molecular weight is 362 g/mol. The zero-order valence-corrected chi connectivity index (χ0v) is 18.0. The van der Waals surface area contributed by atoms with Gasteiger partial charge >= 0.3 is 0 Å². The summed E-state index contributed by atoms with van der Waals surface area (Å²) in [5, 5.41) is 0. The van der Waals surface area contributed by atoms with Crippen molar-refractivity contribution >= 4 is 11.4 Å². The van der Waals surface area contributed by atoms with Crippen LogP contribution in [0.4, 0.5) is 11.4 Å². The van der Waals surface area contributed by atoms with Gasteiger partial charge in [0.2, 0.25) is 0 Å². The van der Waals surface area contributed by atoms with E-state index in [4.69, 9.17) is 0 Å². The van der Waals surface area contributed by atoms with Crippen molar-refractivity contribution in [2.24, 2.45) is 0 Å². The van der Waals surface area contributed by atoms with E-state index in [2.05, 4.69) is 73.4 Å². The molecule has 0 spiro atoms. The summed E-state index contributed by atoms with van der Waals surface area (Å²) in [4.78, 5) is 2.43. The minimum atomic E-state index is 1.10. The predicted octanol–water partition coefficient (Wildman–Crippen LogP) is 7.91. The Kier molecular flexibility index (Phi) is 7.91. The highest BCUT2D eigenvalue weighted by Gasteiger charge is 2.19. The number of nitrogens with zero attached hydrogens (tertiary/aromatic N) is 1. The van der Waals surface area contributed by atoms with Gasteiger partial charge in [-0.15, -0.1) is 0 Å². The SMILES string of the molecule is CC.CC.CC1=CC=C(N(c2ccc(C)cc2)c2ccc3c(c2)CC3)CC1. The Morgan fingerprint density at radius 3 is 1.78 bits per heavy atom. The highest BCUT2D eigenvalue weighted by Crippen LogP contribution is 2.37. The molecule has 0 aromatic heterocycles. The summed E-state index contributed by atoms with van der Waals surface area (Å²) in [6.07, 6.45) is 9.28. The van der Waals surface area contributed by atoms with Gasteiger partial charge in [0.25, 0.3) is 0 Å². The maximum atomic E-state index is 2.43. The van der Waals surface area contributed by atoms with Crippen LogP contribution in [-0.2, 0) is 12.8 Å². The van der Waals surface area contributed by atoms with Crippen LogP contribution in [0.5, 0.6) is 0 Å². The van der Waals surface area contributed by atoms with Crippen molar-refractivity contribution in [3.05, 3.63) is 82.6 Å². The molecule has 0 N–H and O–H groups in total. The van der Waals surface area contributed by atoms with E-state index in [1.807, 2.05) is 27.7 Å². The molecule has 1 heteroatoms. The first-order chi connectivity index (χ1) is 13.2. The van der Waals surface area contributed by atoms with Crippen LogP contribution in [-0.4, -0.2) is 0 Å². The summed E-state index contributed by atoms with van der Waals surface area (Å²) in [7, 11) is 0. The van der Waals surface area contributed by atoms with Gasteiger partial charge < -0.3 is 4.90 Å². The molecule has 2 aliphatic carbocycles. The van der Waals surface area contributed by atoms with Crippen molar-refractivity contribution in [1.29, 1.82) is 0 Å². The van der Waals surface area contributed by atoms with Gasteiger partial charge in [-0.3, -0.25) is 0 Å². The van der Waals surface area contributed by atoms with E-state index in [0.29, 0.717) is 0 Å². The maximum absolute atomic E-state index is 2.43. The molecular formula is C26H35N. The molecular weight excluding hydrogens is 326 g/mol. The molecule has 27 heavy (non-hydrogen) atoms. The van der Waals surface area contributed by atoms with Crippen LogP contribution in [0, 0.1) is 6.92 Å². The largest absolute Gasteiger partial charge is 0.314 e. The zero-order chi connectivity index (χ0) is 19.8. The third kappa shape index (κ3) is 4.91. The van der Waals surface area contributed by atoms with E-state index in [-0.39, 0.29) is 0 Å². The number of benzene rings is 2. The smallest absolute Gasteiger partial charge is 0.0461 e. The van der Waals surface area contributed by atoms with E-state index >= 15 is 0 Å². The summed E-state index contributed by atoms with van der Waals surface area (Å²) >= 11 is 0. The van der Waals surface area contributed by atoms with Crippen LogP contribution in [0.15, 0.2) is 65.9 Å². The Labute approximate surface area is 166 Å². The van der Waals surface area contributed by atoms with E-state index in [1.165, 1.54) is 52.2 Å². The molecule has 0 unspecified atom stereocenters. The minimum absolute atomic E-state index is 1.10. The molecule has 2 aromatic carbocycles. The second kappa shape index (κ2) is 10.2. The molecule has 0 radical (unpaired) electrons. The fraction of sp³-hybridized carbons (Fsp3) is 0.385. The molecule has 144 valence electrons. The van der Waals surface area contributed by atoms with Crippen molar-refractivity contribution in [2.75, 3.05) is 4.90 Å². The van der Waals surface area contributed by atoms with Crippen LogP contribution in [0.1, 0.15) is 64.2 Å². The van der Waals surface area contributed by atoms with Gasteiger partial charge in [-0.2, -0.15) is 0 Å². The van der Waals surface area contributed by atoms with E-state index in [1.54, 1.807) is 0 Å². The highest BCUT2D eigenvalue weighted by atomic mass is 15.1. The molecule has 0 bridgehead atoms. The fourth-order valence-corrected chi connectivity index (χ4v) is 3.41. The molecule has 2 aromatic rings. The summed E-state index contributed by atoms with van der Waals surface area (Å²) in [6, 6.07) is 15.8. The first-order valence-electron chi connectivity index (χ1n) is 10.6. The van der Waals surface area contributed by atoms with Gasteiger partial charge in [-0.1, -0.05) is 63.1 Å². The lowest BCUT2D eigenvalue weighted by Gasteiger charge is -2.31. The Morgan fingerprint density at radius 2 is 1.26 bits per heavy atom. The third-order valence-electron chi connectivity index (χ3n) is 5.03. The van der Waals surface area contributed by atoms with Crippen molar-refractivity contribution in [3.63, 3.8) is 0 Å². The lowest BCUT2D eigenvalue weighted by Crippen LogP contribution is -2.19. The van der Waals surface area contributed by atoms with Crippen LogP contribution in [0.3, 0.4) is 0 Å². The monoisotopic (exact) mass is 361 g/mol. The Bertz CT molecular complexity index is 793. The van der Waals surface area contributed by atoms with E-state index in [0.717, 1.165) is 12.8 Å². The van der Waals surface area contributed by atoms with Gasteiger partial charge in [0.15, 0.2) is 0 Å². The molecule has 4 rings (SSSR count). The van der Waals surface area contributed by atoms with E-state index < -0.39 is 0 Å². The predicted molar refractivity (Wildman–Crippen MR) is 121 cm³/mol. The summed E-state index contributed by atoms with van der Waals surface area (Å²) in [5.74, 6) is 0. The highest BCUT2D eigenvalue weighted by molar-refractivity contribution is 5.70. The molecule has 0 atom stereocenters. The molecule has 0 fully saturated rings. The lowest BCUT2D eigenvalue weighted by molar-refractivity contribution is 0.834. The van der Waals surface area contributed by atoms with Gasteiger partial charge in [0.05, 0.1) is 0 Å². The number of rotatable bonds is 3. The molecule has 0 heterocycles. The Hall–Kier alpha value is -2.28. The normalized spacial score (nSPS) is 14.1. The Balaban J connectivity index is 0.000000614. The molecule has 0 amide bonds. The van der Waals surface area contributed by atoms with Crippen LogP contribution in [0.25, 0.3) is 0 Å². The topological polar surface area (TPSA) is 3.24 Å². The van der Waals surface area contributed by atoms with Gasteiger partial charge in [-0.25, -0.2) is 0 Å². The summed E-state index contributed by atoms with van der Waals surface area (Å²) in [6.45, 7) is 12.4. The number of anilines is 2. The van der Waals surface area contributed by atoms with Crippen molar-refractivity contribution in [1.82, 2.24) is 0 Å². The van der Waals surface area contributed by atoms with Gasteiger partial charge in [0, 0.05) is 17.1 Å². The quantitative estimate of drug-likeness (QED) is 0.537. The van der Waals surface area contributed by atoms with Crippen molar-refractivity contribution in [3.8, 4) is 0 Å². The minimum Gasteiger partial charge on any atom is -0.314 e. The number of allylic oxidation sites excluding steroid dienone is 4. The molecule has 0 saturated carbocycles. The van der Waals surface area contributed by atoms with Crippen molar-refractivity contribution in [2.45, 2.75) is 67.2 Å². The first-order valence-corrected chi connectivity index (χ1v) is 10.6. The first kappa shape index (κ1) is 21.0. The number of hydrogen-bond acceptors (Lipinski definition) is 1. The van der Waals surface area contributed by atoms with Crippen molar-refractivity contribution < 1.29 is 0 Å². The summed E-state index contributed by atoms with van der Waals surface area (Å²) in [5.41, 5.74) is 9.75. The van der Waals surface area contributed by atoms with Gasteiger partial charge in [0.1, 0.15) is 0 Å². The van der Waals surface area contributed by atoms with Crippen LogP contribution in [0.2, 0.25) is 0 Å². The molecule has 0 saturated heterocycles. The molecule has 2 aliphatic rings. The number of hydrogen-bond donors (Lipinski definition) is 0. The zero-order valence-electron chi connectivity index (χ0n) is 18.0.